The lowest BCUT2D eigenvalue weighted by Gasteiger charge is -2.13. The van der Waals surface area contributed by atoms with Gasteiger partial charge in [0.05, 0.1) is 11.3 Å². The van der Waals surface area contributed by atoms with Gasteiger partial charge >= 0.3 is 0 Å². The smallest absolute Gasteiger partial charge is 0.300 e. The summed E-state index contributed by atoms with van der Waals surface area (Å²) in [5.41, 5.74) is 4.08. The third-order valence-electron chi connectivity index (χ3n) is 2.31. The molecule has 0 bridgehead atoms. The van der Waals surface area contributed by atoms with E-state index < -0.39 is 41.3 Å². The summed E-state index contributed by atoms with van der Waals surface area (Å²) in [4.78, 5) is 34.2. The molecule has 0 spiro atoms. The van der Waals surface area contributed by atoms with Gasteiger partial charge in [0.15, 0.2) is 0 Å². The highest BCUT2D eigenvalue weighted by atomic mass is 19.1. The topological polar surface area (TPSA) is 80.5 Å². The number of fused-ring (bicyclic) bond motifs is 1. The molecule has 1 heterocycles. The molecule has 88 valence electrons. The van der Waals surface area contributed by atoms with Crippen molar-refractivity contribution in [2.45, 2.75) is 0 Å². The Labute approximate surface area is 93.8 Å². The Balaban J connectivity index is 2.59. The molecular weight excluding hydrogens is 234 g/mol. The lowest BCUT2D eigenvalue weighted by molar-refractivity contribution is -0.120. The Morgan fingerprint density at radius 1 is 1.29 bits per heavy atom. The van der Waals surface area contributed by atoms with E-state index >= 15 is 0 Å². The molecule has 0 saturated heterocycles. The maximum atomic E-state index is 13.3. The molecule has 0 unspecified atom stereocenters. The van der Waals surface area contributed by atoms with Crippen LogP contribution in [0.4, 0.5) is 14.5 Å². The van der Waals surface area contributed by atoms with Crippen molar-refractivity contribution in [3.63, 3.8) is 0 Å². The molecule has 1 aromatic carbocycles. The highest BCUT2D eigenvalue weighted by molar-refractivity contribution is 6.52. The summed E-state index contributed by atoms with van der Waals surface area (Å²) in [7, 11) is 0. The molecule has 7 heteroatoms. The Morgan fingerprint density at radius 3 is 2.53 bits per heavy atom. The molecule has 1 aliphatic rings. The van der Waals surface area contributed by atoms with Gasteiger partial charge in [0.1, 0.15) is 18.2 Å². The third kappa shape index (κ3) is 1.65. The van der Waals surface area contributed by atoms with Gasteiger partial charge in [0, 0.05) is 6.07 Å². The third-order valence-corrected chi connectivity index (χ3v) is 2.31. The highest BCUT2D eigenvalue weighted by Gasteiger charge is 2.39. The molecule has 5 nitrogen and oxygen atoms in total. The Hall–Kier alpha value is -2.31. The van der Waals surface area contributed by atoms with E-state index in [9.17, 15) is 23.2 Å². The Bertz CT molecular complexity index is 557. The fourth-order valence-electron chi connectivity index (χ4n) is 1.65. The standard InChI is InChI=1S/C10H6F2N2O3/c11-4-1-5(12)8-6(2-4)14(3-7(13)15)10(17)9(8)16/h1-2H,3H2,(H2,13,15). The van der Waals surface area contributed by atoms with Crippen molar-refractivity contribution in [2.24, 2.45) is 5.73 Å². The second-order valence-corrected chi connectivity index (χ2v) is 3.47. The SMILES string of the molecule is NC(=O)CN1C(=O)C(=O)c2c(F)cc(F)cc21. The lowest BCUT2D eigenvalue weighted by Crippen LogP contribution is -2.37. The van der Waals surface area contributed by atoms with Gasteiger partial charge in [-0.05, 0) is 6.07 Å². The largest absolute Gasteiger partial charge is 0.368 e. The van der Waals surface area contributed by atoms with Crippen molar-refractivity contribution < 1.29 is 23.2 Å². The van der Waals surface area contributed by atoms with Crippen LogP contribution in [0.5, 0.6) is 0 Å². The number of hydrogen-bond acceptors (Lipinski definition) is 3. The monoisotopic (exact) mass is 240 g/mol. The molecule has 0 aliphatic carbocycles. The molecule has 2 amide bonds. The molecule has 0 fully saturated rings. The van der Waals surface area contributed by atoms with Gasteiger partial charge in [0.2, 0.25) is 5.91 Å². The maximum Gasteiger partial charge on any atom is 0.300 e. The van der Waals surface area contributed by atoms with Crippen molar-refractivity contribution in [2.75, 3.05) is 11.4 Å². The van der Waals surface area contributed by atoms with Crippen LogP contribution in [0.1, 0.15) is 10.4 Å². The van der Waals surface area contributed by atoms with Crippen molar-refractivity contribution in [1.29, 1.82) is 0 Å². The first-order chi connectivity index (χ1) is 7.91. The molecular formula is C10H6F2N2O3. The zero-order valence-corrected chi connectivity index (χ0v) is 8.37. The van der Waals surface area contributed by atoms with Gasteiger partial charge in [-0.2, -0.15) is 0 Å². The minimum absolute atomic E-state index is 0.267. The van der Waals surface area contributed by atoms with Crippen LogP contribution in [0.3, 0.4) is 0 Å². The fourth-order valence-corrected chi connectivity index (χ4v) is 1.65. The number of benzene rings is 1. The fraction of sp³-hybridized carbons (Fsp3) is 0.100. The minimum Gasteiger partial charge on any atom is -0.368 e. The van der Waals surface area contributed by atoms with E-state index in [2.05, 4.69) is 0 Å². The van der Waals surface area contributed by atoms with Crippen molar-refractivity contribution >= 4 is 23.3 Å². The first-order valence-corrected chi connectivity index (χ1v) is 4.55. The number of hydrogen-bond donors (Lipinski definition) is 1. The number of carbonyl (C=O) groups is 3. The van der Waals surface area contributed by atoms with Gasteiger partial charge < -0.3 is 5.73 Å². The first-order valence-electron chi connectivity index (χ1n) is 4.55. The molecule has 17 heavy (non-hydrogen) atoms. The lowest BCUT2D eigenvalue weighted by atomic mass is 10.1. The predicted octanol–water partition coefficient (Wildman–Crippen LogP) is -0.0206. The van der Waals surface area contributed by atoms with Gasteiger partial charge in [-0.1, -0.05) is 0 Å². The molecule has 0 atom stereocenters. The Kier molecular flexibility index (Phi) is 2.38. The van der Waals surface area contributed by atoms with E-state index in [4.69, 9.17) is 5.73 Å². The first kappa shape index (κ1) is 11.2. The van der Waals surface area contributed by atoms with Crippen LogP contribution in [0.25, 0.3) is 0 Å². The maximum absolute atomic E-state index is 13.3. The Morgan fingerprint density at radius 2 is 1.94 bits per heavy atom. The number of rotatable bonds is 2. The van der Waals surface area contributed by atoms with Crippen LogP contribution >= 0.6 is 0 Å². The van der Waals surface area contributed by atoms with Crippen molar-refractivity contribution in [3.8, 4) is 0 Å². The van der Waals surface area contributed by atoms with E-state index in [1.807, 2.05) is 0 Å². The number of nitrogens with zero attached hydrogens (tertiary/aromatic N) is 1. The molecule has 2 N–H and O–H groups in total. The van der Waals surface area contributed by atoms with E-state index in [1.54, 1.807) is 0 Å². The summed E-state index contributed by atoms with van der Waals surface area (Å²) in [6.45, 7) is -0.597. The average Bonchev–Trinajstić information content (AvgIpc) is 2.42. The summed E-state index contributed by atoms with van der Waals surface area (Å²) in [6.07, 6.45) is 0. The predicted molar refractivity (Wildman–Crippen MR) is 52.2 cm³/mol. The van der Waals surface area contributed by atoms with Gasteiger partial charge in [-0.25, -0.2) is 8.78 Å². The number of amides is 2. The van der Waals surface area contributed by atoms with Crippen LogP contribution in [-0.4, -0.2) is 24.1 Å². The van der Waals surface area contributed by atoms with Crippen molar-refractivity contribution in [3.05, 3.63) is 29.3 Å². The van der Waals surface area contributed by atoms with Crippen LogP contribution in [0.15, 0.2) is 12.1 Å². The van der Waals surface area contributed by atoms with Crippen LogP contribution in [0, 0.1) is 11.6 Å². The number of nitrogens with two attached hydrogens (primary N) is 1. The summed E-state index contributed by atoms with van der Waals surface area (Å²) in [5.74, 6) is -5.17. The number of primary amides is 1. The number of carbonyl (C=O) groups excluding carboxylic acids is 3. The second-order valence-electron chi connectivity index (χ2n) is 3.47. The van der Waals surface area contributed by atoms with Gasteiger partial charge in [-0.15, -0.1) is 0 Å². The van der Waals surface area contributed by atoms with Crippen LogP contribution in [0.2, 0.25) is 0 Å². The zero-order valence-electron chi connectivity index (χ0n) is 8.37. The van der Waals surface area contributed by atoms with E-state index in [0.29, 0.717) is 11.0 Å². The normalized spacial score (nSPS) is 14.1. The average molecular weight is 240 g/mol. The molecule has 1 aliphatic heterocycles. The summed E-state index contributed by atoms with van der Waals surface area (Å²) >= 11 is 0. The molecule has 0 radical (unpaired) electrons. The quantitative estimate of drug-likeness (QED) is 0.737. The van der Waals surface area contributed by atoms with Crippen LogP contribution < -0.4 is 10.6 Å². The zero-order chi connectivity index (χ0) is 12.7. The molecule has 0 saturated carbocycles. The molecule has 2 rings (SSSR count). The van der Waals surface area contributed by atoms with E-state index in [1.165, 1.54) is 0 Å². The summed E-state index contributed by atoms with van der Waals surface area (Å²) in [6, 6.07) is 1.31. The summed E-state index contributed by atoms with van der Waals surface area (Å²) in [5, 5.41) is 0. The highest BCUT2D eigenvalue weighted by Crippen LogP contribution is 2.31. The minimum atomic E-state index is -1.13. The number of halogens is 2. The molecule has 1 aromatic rings. The number of Topliss-reactive ketones (excluding diaryl/α,β-unsaturated/α-hetero) is 1. The van der Waals surface area contributed by atoms with Gasteiger partial charge in [-0.3, -0.25) is 19.3 Å². The second kappa shape index (κ2) is 3.62. The summed E-state index contributed by atoms with van der Waals surface area (Å²) < 4.78 is 26.3. The van der Waals surface area contributed by atoms with Gasteiger partial charge in [0.25, 0.3) is 11.7 Å². The van der Waals surface area contributed by atoms with Crippen molar-refractivity contribution in [1.82, 2.24) is 0 Å². The van der Waals surface area contributed by atoms with E-state index in [-0.39, 0.29) is 5.69 Å². The number of anilines is 1. The molecule has 0 aromatic heterocycles. The number of ketones is 1. The van der Waals surface area contributed by atoms with Crippen LogP contribution in [-0.2, 0) is 9.59 Å². The van der Waals surface area contributed by atoms with E-state index in [0.717, 1.165) is 6.07 Å².